The van der Waals surface area contributed by atoms with Gasteiger partial charge in [0.05, 0.1) is 27.8 Å². The van der Waals surface area contributed by atoms with Crippen LogP contribution in [0.4, 0.5) is 34.1 Å². The molecule has 0 radical (unpaired) electrons. The molecule has 0 N–H and O–H groups in total. The number of para-hydroxylation sites is 6. The van der Waals surface area contributed by atoms with Crippen molar-refractivity contribution in [2.75, 3.05) is 9.80 Å². The molecular weight excluding hydrogens is 973 g/mol. The van der Waals surface area contributed by atoms with Crippen LogP contribution >= 0.6 is 0 Å². The van der Waals surface area contributed by atoms with Gasteiger partial charge in [-0.05, 0) is 170 Å². The minimum Gasteiger partial charge on any atom is -0.310 e. The molecule has 1 aliphatic rings. The van der Waals surface area contributed by atoms with Gasteiger partial charge < -0.3 is 18.9 Å². The van der Waals surface area contributed by atoms with Gasteiger partial charge in [0, 0.05) is 66.7 Å². The average molecular weight is 1030 g/mol. The Morgan fingerprint density at radius 1 is 0.266 bits per heavy atom. The van der Waals surface area contributed by atoms with Crippen molar-refractivity contribution < 1.29 is 0 Å². The molecule has 0 amide bonds. The van der Waals surface area contributed by atoms with E-state index in [1.807, 2.05) is 0 Å². The molecule has 0 unspecified atom stereocenters. The summed E-state index contributed by atoms with van der Waals surface area (Å²) in [7, 11) is -2.35. The van der Waals surface area contributed by atoms with Crippen LogP contribution in [-0.2, 0) is 0 Å². The highest BCUT2D eigenvalue weighted by atomic mass is 28.3. The molecule has 372 valence electrons. The Balaban J connectivity index is 0.886. The van der Waals surface area contributed by atoms with Crippen LogP contribution in [0.25, 0.3) is 98.4 Å². The normalized spacial score (nSPS) is 12.8. The lowest BCUT2D eigenvalue weighted by atomic mass is 9.89. The van der Waals surface area contributed by atoms with Gasteiger partial charge in [-0.3, -0.25) is 0 Å². The van der Waals surface area contributed by atoms with Crippen molar-refractivity contribution >= 4 is 129 Å². The standard InChI is InChI=1S/C74H52N4Si/c1-79(2)72-37-21-34-61-63-48-71(76(50-24-9-4-10-25-50)54-40-43-70-65(45-54)59-33-18-20-36-68(59)78(70)52-28-13-6-14-29-52)57-31-16-15-30-56(57)62(63)47-66(74(61)72)60-41-38-55(46-73(60)79)75(49-22-7-3-8-23-49)53-39-42-69-64(44-53)58-32-17-19-35-67(58)77(69)51-26-11-5-12-27-51/h3-48H,1-2H3. The minimum atomic E-state index is -2.35. The van der Waals surface area contributed by atoms with Crippen molar-refractivity contribution in [1.82, 2.24) is 9.13 Å². The maximum atomic E-state index is 2.56. The summed E-state index contributed by atoms with van der Waals surface area (Å²) in [6.45, 7) is 5.12. The van der Waals surface area contributed by atoms with Crippen LogP contribution in [0.3, 0.4) is 0 Å². The fourth-order valence-electron chi connectivity index (χ4n) is 13.5. The third kappa shape index (κ3) is 6.86. The van der Waals surface area contributed by atoms with E-state index in [1.165, 1.54) is 97.4 Å². The molecule has 16 rings (SSSR count). The number of hydrogen-bond donors (Lipinski definition) is 0. The Kier molecular flexibility index (Phi) is 10.1. The van der Waals surface area contributed by atoms with Gasteiger partial charge in [0.15, 0.2) is 0 Å². The van der Waals surface area contributed by atoms with Crippen molar-refractivity contribution in [2.24, 2.45) is 0 Å². The van der Waals surface area contributed by atoms with Gasteiger partial charge in [0.1, 0.15) is 8.07 Å². The summed E-state index contributed by atoms with van der Waals surface area (Å²) < 4.78 is 4.79. The number of anilines is 6. The van der Waals surface area contributed by atoms with Gasteiger partial charge in [0.2, 0.25) is 0 Å². The van der Waals surface area contributed by atoms with Crippen molar-refractivity contribution in [3.05, 3.63) is 279 Å². The first kappa shape index (κ1) is 45.3. The second kappa shape index (κ2) is 17.5. The van der Waals surface area contributed by atoms with E-state index in [0.717, 1.165) is 45.5 Å². The van der Waals surface area contributed by atoms with E-state index in [9.17, 15) is 0 Å². The first-order chi connectivity index (χ1) is 39.0. The summed E-state index contributed by atoms with van der Waals surface area (Å²) in [5.41, 5.74) is 16.5. The predicted octanol–water partition coefficient (Wildman–Crippen LogP) is 19.1. The highest BCUT2D eigenvalue weighted by molar-refractivity contribution is 7.03. The van der Waals surface area contributed by atoms with Crippen molar-refractivity contribution in [1.29, 1.82) is 0 Å². The molecule has 1 aliphatic heterocycles. The fourth-order valence-corrected chi connectivity index (χ4v) is 16.6. The topological polar surface area (TPSA) is 16.3 Å². The first-order valence-electron chi connectivity index (χ1n) is 27.4. The lowest BCUT2D eigenvalue weighted by molar-refractivity contribution is 1.18. The quantitative estimate of drug-likeness (QED) is 0.111. The molecule has 15 aromatic rings. The predicted molar refractivity (Wildman–Crippen MR) is 339 cm³/mol. The number of rotatable bonds is 8. The van der Waals surface area contributed by atoms with Crippen LogP contribution in [0.5, 0.6) is 0 Å². The first-order valence-corrected chi connectivity index (χ1v) is 30.4. The second-order valence-corrected chi connectivity index (χ2v) is 26.0. The monoisotopic (exact) mass is 1020 g/mol. The molecule has 0 atom stereocenters. The largest absolute Gasteiger partial charge is 0.310 e. The van der Waals surface area contributed by atoms with E-state index in [2.05, 4.69) is 311 Å². The van der Waals surface area contributed by atoms with Crippen molar-refractivity contribution in [2.45, 2.75) is 13.1 Å². The number of aromatic nitrogens is 2. The summed E-state index contributed by atoms with van der Waals surface area (Å²) in [4.78, 5) is 4.94. The van der Waals surface area contributed by atoms with Crippen LogP contribution in [0, 0.1) is 0 Å². The van der Waals surface area contributed by atoms with Gasteiger partial charge in [0.25, 0.3) is 0 Å². The smallest absolute Gasteiger partial charge is 0.113 e. The van der Waals surface area contributed by atoms with Crippen LogP contribution < -0.4 is 20.2 Å². The van der Waals surface area contributed by atoms with E-state index < -0.39 is 8.07 Å². The zero-order valence-electron chi connectivity index (χ0n) is 43.8. The summed E-state index contributed by atoms with van der Waals surface area (Å²) in [5.74, 6) is 0. The molecule has 0 bridgehead atoms. The molecule has 0 saturated heterocycles. The Morgan fingerprint density at radius 2 is 0.709 bits per heavy atom. The molecule has 0 aliphatic carbocycles. The molecule has 13 aromatic carbocycles. The van der Waals surface area contributed by atoms with E-state index in [0.29, 0.717) is 0 Å². The summed E-state index contributed by atoms with van der Waals surface area (Å²) >= 11 is 0. The Morgan fingerprint density at radius 3 is 1.30 bits per heavy atom. The Hall–Kier alpha value is -9.94. The highest BCUT2D eigenvalue weighted by Crippen LogP contribution is 2.48. The SMILES string of the molecule is C[Si]1(C)c2cc(N(c3ccccc3)c3ccc4c(c3)c3ccccc3n4-c3ccccc3)ccc2-c2cc3c4ccccc4c(N(c4ccccc4)c4ccc5c(c4)c4ccccc4n5-c4ccccc4)cc3c3cccc1c23. The molecule has 0 fully saturated rings. The van der Waals surface area contributed by atoms with Crippen molar-refractivity contribution in [3.8, 4) is 22.5 Å². The van der Waals surface area contributed by atoms with E-state index in [1.54, 1.807) is 0 Å². The van der Waals surface area contributed by atoms with E-state index in [4.69, 9.17) is 0 Å². The molecule has 79 heavy (non-hydrogen) atoms. The van der Waals surface area contributed by atoms with Gasteiger partial charge in [-0.15, -0.1) is 0 Å². The summed E-state index contributed by atoms with van der Waals surface area (Å²) in [6.07, 6.45) is 0. The summed E-state index contributed by atoms with van der Waals surface area (Å²) in [6, 6.07) is 103. The van der Waals surface area contributed by atoms with Crippen LogP contribution in [0.15, 0.2) is 279 Å². The fraction of sp³-hybridized carbons (Fsp3) is 0.0270. The van der Waals surface area contributed by atoms with Gasteiger partial charge in [-0.2, -0.15) is 0 Å². The second-order valence-electron chi connectivity index (χ2n) is 21.7. The lowest BCUT2D eigenvalue weighted by Crippen LogP contribution is -2.56. The summed E-state index contributed by atoms with van der Waals surface area (Å²) in [5, 5.41) is 15.5. The van der Waals surface area contributed by atoms with Crippen LogP contribution in [0.2, 0.25) is 13.1 Å². The van der Waals surface area contributed by atoms with Gasteiger partial charge >= 0.3 is 0 Å². The highest BCUT2D eigenvalue weighted by Gasteiger charge is 2.37. The Bertz CT molecular complexity index is 4930. The van der Waals surface area contributed by atoms with Crippen LogP contribution in [0.1, 0.15) is 0 Å². The van der Waals surface area contributed by atoms with E-state index >= 15 is 0 Å². The number of hydrogen-bond acceptors (Lipinski definition) is 2. The lowest BCUT2D eigenvalue weighted by Gasteiger charge is -2.36. The zero-order chi connectivity index (χ0) is 52.3. The molecule has 0 spiro atoms. The van der Waals surface area contributed by atoms with Gasteiger partial charge in [-0.1, -0.05) is 171 Å². The molecule has 2 aromatic heterocycles. The molecule has 4 nitrogen and oxygen atoms in total. The minimum absolute atomic E-state index is 1.11. The zero-order valence-corrected chi connectivity index (χ0v) is 44.8. The number of benzene rings is 13. The number of nitrogens with zero attached hydrogens (tertiary/aromatic N) is 4. The Labute approximate surface area is 459 Å². The maximum Gasteiger partial charge on any atom is 0.113 e. The van der Waals surface area contributed by atoms with Crippen LogP contribution in [-0.4, -0.2) is 17.2 Å². The molecule has 5 heteroatoms. The average Bonchev–Trinajstić information content (AvgIpc) is 4.03. The third-order valence-corrected chi connectivity index (χ3v) is 20.5. The molecular formula is C74H52N4Si. The molecule has 3 heterocycles. The maximum absolute atomic E-state index is 2.56. The molecule has 0 saturated carbocycles. The number of fused-ring (bicyclic) bond motifs is 12. The van der Waals surface area contributed by atoms with Crippen molar-refractivity contribution in [3.63, 3.8) is 0 Å². The van der Waals surface area contributed by atoms with Gasteiger partial charge in [-0.25, -0.2) is 0 Å². The third-order valence-electron chi connectivity index (χ3n) is 17.0. The van der Waals surface area contributed by atoms with E-state index in [-0.39, 0.29) is 0 Å².